The van der Waals surface area contributed by atoms with Crippen molar-refractivity contribution in [2.45, 2.75) is 0 Å². The van der Waals surface area contributed by atoms with Gasteiger partial charge in [-0.25, -0.2) is 0 Å². The molecule has 1 amide bonds. The van der Waals surface area contributed by atoms with E-state index in [1.807, 2.05) is 6.07 Å². The van der Waals surface area contributed by atoms with Crippen LogP contribution in [0.25, 0.3) is 17.4 Å². The van der Waals surface area contributed by atoms with Gasteiger partial charge < -0.3 is 9.73 Å². The quantitative estimate of drug-likeness (QED) is 0.294. The molecule has 3 nitrogen and oxygen atoms in total. The van der Waals surface area contributed by atoms with Crippen LogP contribution in [0.15, 0.2) is 59.0 Å². The molecule has 26 heavy (non-hydrogen) atoms. The van der Waals surface area contributed by atoms with E-state index in [4.69, 9.17) is 39.2 Å². The molecule has 2 aromatic carbocycles. The van der Waals surface area contributed by atoms with E-state index in [2.05, 4.69) is 27.9 Å². The fourth-order valence-corrected chi connectivity index (χ4v) is 3.65. The number of halogens is 4. The van der Waals surface area contributed by atoms with Crippen molar-refractivity contribution in [3.63, 3.8) is 0 Å². The first-order valence-electron chi connectivity index (χ1n) is 7.41. The minimum absolute atomic E-state index is 0.308. The van der Waals surface area contributed by atoms with Crippen LogP contribution in [0.1, 0.15) is 5.76 Å². The summed E-state index contributed by atoms with van der Waals surface area (Å²) in [5.41, 5.74) is 1.31. The Labute approximate surface area is 179 Å². The van der Waals surface area contributed by atoms with Crippen molar-refractivity contribution in [3.8, 4) is 11.3 Å². The first-order chi connectivity index (χ1) is 12.4. The second-order valence-electron chi connectivity index (χ2n) is 5.31. The normalized spacial score (nSPS) is 11.1. The Hall–Kier alpha value is -1.47. The second kappa shape index (κ2) is 8.48. The molecule has 1 N–H and O–H groups in total. The number of hydrogen-bond acceptors (Lipinski definition) is 2. The molecule has 0 saturated heterocycles. The summed E-state index contributed by atoms with van der Waals surface area (Å²) in [6.45, 7) is 0. The SMILES string of the molecule is O=C(/C=C/c1ccc(-c2cc(Cl)cc(Cl)c2)o1)Nc1ccc(I)cc1Cl. The van der Waals surface area contributed by atoms with Crippen molar-refractivity contribution >= 4 is 75.1 Å². The Balaban J connectivity index is 1.71. The van der Waals surface area contributed by atoms with Gasteiger partial charge in [0.15, 0.2) is 0 Å². The smallest absolute Gasteiger partial charge is 0.248 e. The van der Waals surface area contributed by atoms with Gasteiger partial charge in [-0.15, -0.1) is 0 Å². The molecule has 0 radical (unpaired) electrons. The fraction of sp³-hybridized carbons (Fsp3) is 0. The van der Waals surface area contributed by atoms with Crippen molar-refractivity contribution in [1.82, 2.24) is 0 Å². The van der Waals surface area contributed by atoms with Gasteiger partial charge in [0, 0.05) is 25.3 Å². The number of benzene rings is 2. The summed E-state index contributed by atoms with van der Waals surface area (Å²) in [5.74, 6) is 0.826. The fourth-order valence-electron chi connectivity index (χ4n) is 2.22. The molecule has 0 aliphatic rings. The van der Waals surface area contributed by atoms with E-state index in [9.17, 15) is 4.79 Å². The molecule has 0 spiro atoms. The molecule has 3 rings (SSSR count). The molecule has 0 bridgehead atoms. The van der Waals surface area contributed by atoms with Crippen molar-refractivity contribution in [3.05, 3.63) is 79.0 Å². The molecule has 0 saturated carbocycles. The first-order valence-corrected chi connectivity index (χ1v) is 9.62. The van der Waals surface area contributed by atoms with E-state index >= 15 is 0 Å². The van der Waals surface area contributed by atoms with Gasteiger partial charge in [-0.1, -0.05) is 34.8 Å². The number of carbonyl (C=O) groups is 1. The van der Waals surface area contributed by atoms with Crippen LogP contribution in [0.4, 0.5) is 5.69 Å². The van der Waals surface area contributed by atoms with Gasteiger partial charge in [0.2, 0.25) is 5.91 Å². The highest BCUT2D eigenvalue weighted by molar-refractivity contribution is 14.1. The van der Waals surface area contributed by atoms with Gasteiger partial charge in [0.1, 0.15) is 11.5 Å². The van der Waals surface area contributed by atoms with Gasteiger partial charge >= 0.3 is 0 Å². The maximum Gasteiger partial charge on any atom is 0.248 e. The predicted molar refractivity (Wildman–Crippen MR) is 116 cm³/mol. The van der Waals surface area contributed by atoms with Crippen LogP contribution in [0.3, 0.4) is 0 Å². The van der Waals surface area contributed by atoms with E-state index in [1.54, 1.807) is 48.5 Å². The number of amides is 1. The number of furan rings is 1. The Bertz CT molecular complexity index is 978. The van der Waals surface area contributed by atoms with E-state index < -0.39 is 0 Å². The zero-order valence-corrected chi connectivity index (χ0v) is 17.5. The van der Waals surface area contributed by atoms with Crippen LogP contribution in [0, 0.1) is 3.57 Å². The maximum atomic E-state index is 12.1. The summed E-state index contributed by atoms with van der Waals surface area (Å²) in [5, 5.41) is 4.25. The minimum Gasteiger partial charge on any atom is -0.457 e. The Morgan fingerprint density at radius 2 is 1.73 bits per heavy atom. The molecule has 0 unspecified atom stereocenters. The topological polar surface area (TPSA) is 42.2 Å². The molecular formula is C19H11Cl3INO2. The second-order valence-corrected chi connectivity index (χ2v) is 7.83. The summed E-state index contributed by atoms with van der Waals surface area (Å²) >= 11 is 20.3. The molecule has 0 fully saturated rings. The summed E-state index contributed by atoms with van der Waals surface area (Å²) in [4.78, 5) is 12.1. The van der Waals surface area contributed by atoms with Crippen LogP contribution in [-0.2, 0) is 4.79 Å². The summed E-state index contributed by atoms with van der Waals surface area (Å²) in [7, 11) is 0. The van der Waals surface area contributed by atoms with Gasteiger partial charge in [-0.3, -0.25) is 4.79 Å². The Kier molecular flexibility index (Phi) is 6.29. The minimum atomic E-state index is -0.308. The number of rotatable bonds is 4. The highest BCUT2D eigenvalue weighted by Crippen LogP contribution is 2.29. The number of carbonyl (C=O) groups excluding carboxylic acids is 1. The third-order valence-corrected chi connectivity index (χ3v) is 4.78. The Morgan fingerprint density at radius 3 is 2.42 bits per heavy atom. The largest absolute Gasteiger partial charge is 0.457 e. The third-order valence-electron chi connectivity index (χ3n) is 3.36. The first kappa shape index (κ1) is 19.3. The predicted octanol–water partition coefficient (Wildman–Crippen LogP) is 7.16. The maximum absolute atomic E-state index is 12.1. The average Bonchev–Trinajstić information content (AvgIpc) is 3.04. The lowest BCUT2D eigenvalue weighted by Gasteiger charge is -2.04. The molecule has 7 heteroatoms. The van der Waals surface area contributed by atoms with E-state index in [0.717, 1.165) is 9.13 Å². The van der Waals surface area contributed by atoms with E-state index in [1.165, 1.54) is 6.08 Å². The van der Waals surface area contributed by atoms with Crippen LogP contribution >= 0.6 is 57.4 Å². The van der Waals surface area contributed by atoms with Crippen LogP contribution in [0.5, 0.6) is 0 Å². The summed E-state index contributed by atoms with van der Waals surface area (Å²) in [6, 6.07) is 14.1. The van der Waals surface area contributed by atoms with Crippen LogP contribution < -0.4 is 5.32 Å². The number of anilines is 1. The number of hydrogen-bond donors (Lipinski definition) is 1. The summed E-state index contributed by atoms with van der Waals surface area (Å²) < 4.78 is 6.70. The molecule has 3 aromatic rings. The van der Waals surface area contributed by atoms with Crippen LogP contribution in [0.2, 0.25) is 15.1 Å². The molecule has 1 heterocycles. The van der Waals surface area contributed by atoms with Gasteiger partial charge in [-0.05, 0) is 77.2 Å². The Morgan fingerprint density at radius 1 is 1.00 bits per heavy atom. The molecule has 132 valence electrons. The van der Waals surface area contributed by atoms with Gasteiger partial charge in [0.25, 0.3) is 0 Å². The standard InChI is InChI=1S/C19H11Cl3INO2/c20-12-7-11(8-13(21)9-12)18-5-2-15(26-18)3-6-19(25)24-17-4-1-14(23)10-16(17)22/h1-10H,(H,24,25)/b6-3+. The zero-order chi connectivity index (χ0) is 18.7. The lowest BCUT2D eigenvalue weighted by Crippen LogP contribution is -2.08. The van der Waals surface area contributed by atoms with Crippen molar-refractivity contribution in [2.75, 3.05) is 5.32 Å². The number of nitrogens with one attached hydrogen (secondary N) is 1. The van der Waals surface area contributed by atoms with Gasteiger partial charge in [0.05, 0.1) is 10.7 Å². The average molecular weight is 519 g/mol. The third kappa shape index (κ3) is 5.04. The van der Waals surface area contributed by atoms with Crippen molar-refractivity contribution in [2.24, 2.45) is 0 Å². The highest BCUT2D eigenvalue weighted by atomic mass is 127. The lowest BCUT2D eigenvalue weighted by atomic mass is 10.2. The lowest BCUT2D eigenvalue weighted by molar-refractivity contribution is -0.111. The van der Waals surface area contributed by atoms with Crippen LogP contribution in [-0.4, -0.2) is 5.91 Å². The highest BCUT2D eigenvalue weighted by Gasteiger charge is 2.07. The molecule has 1 aromatic heterocycles. The molecule has 0 aliphatic heterocycles. The van der Waals surface area contributed by atoms with Crippen molar-refractivity contribution < 1.29 is 9.21 Å². The molecule has 0 aliphatic carbocycles. The van der Waals surface area contributed by atoms with E-state index in [-0.39, 0.29) is 5.91 Å². The summed E-state index contributed by atoms with van der Waals surface area (Å²) in [6.07, 6.45) is 2.95. The zero-order valence-electron chi connectivity index (χ0n) is 13.1. The molecule has 0 atom stereocenters. The van der Waals surface area contributed by atoms with E-state index in [0.29, 0.717) is 32.3 Å². The van der Waals surface area contributed by atoms with Crippen molar-refractivity contribution in [1.29, 1.82) is 0 Å². The molecular weight excluding hydrogens is 507 g/mol. The van der Waals surface area contributed by atoms with Gasteiger partial charge in [-0.2, -0.15) is 0 Å². The monoisotopic (exact) mass is 517 g/mol.